The summed E-state index contributed by atoms with van der Waals surface area (Å²) in [5, 5.41) is 2.50. The predicted octanol–water partition coefficient (Wildman–Crippen LogP) is 1.46. The van der Waals surface area contributed by atoms with Crippen molar-refractivity contribution in [3.8, 4) is 0 Å². The maximum atomic E-state index is 14.1. The van der Waals surface area contributed by atoms with Crippen molar-refractivity contribution in [3.05, 3.63) is 28.0 Å². The summed E-state index contributed by atoms with van der Waals surface area (Å²) in [7, 11) is -3.75. The lowest BCUT2D eigenvalue weighted by molar-refractivity contribution is 0.0948. The molecule has 0 bridgehead atoms. The van der Waals surface area contributed by atoms with Crippen molar-refractivity contribution in [1.82, 2.24) is 5.32 Å². The third kappa shape index (κ3) is 4.53. The molecular weight excluding hydrogens is 351 g/mol. The van der Waals surface area contributed by atoms with Crippen LogP contribution in [0.3, 0.4) is 0 Å². The molecule has 20 heavy (non-hydrogen) atoms. The zero-order valence-electron chi connectivity index (χ0n) is 11.1. The summed E-state index contributed by atoms with van der Waals surface area (Å²) in [6, 6.07) is 2.28. The number of carbonyl (C=O) groups is 1. The van der Waals surface area contributed by atoms with Crippen molar-refractivity contribution in [2.75, 3.05) is 12.8 Å². The second-order valence-electron chi connectivity index (χ2n) is 4.56. The summed E-state index contributed by atoms with van der Waals surface area (Å²) in [5.74, 6) is -1.72. The Hall–Kier alpha value is -0.990. The fourth-order valence-corrected chi connectivity index (χ4v) is 2.89. The van der Waals surface area contributed by atoms with Gasteiger partial charge in [-0.3, -0.25) is 4.79 Å². The molecule has 0 aliphatic heterocycles. The molecule has 1 atom stereocenters. The SMILES string of the molecule is CC(N)CCNC(=O)c1cc(Br)cc(S(C)(=O)=O)c1F. The van der Waals surface area contributed by atoms with Crippen LogP contribution in [-0.2, 0) is 9.84 Å². The second kappa shape index (κ2) is 6.64. The average Bonchev–Trinajstić information content (AvgIpc) is 2.29. The van der Waals surface area contributed by atoms with E-state index in [9.17, 15) is 17.6 Å². The molecule has 0 aliphatic carbocycles. The van der Waals surface area contributed by atoms with Crippen LogP contribution in [0.25, 0.3) is 0 Å². The Morgan fingerprint density at radius 3 is 2.60 bits per heavy atom. The third-order valence-electron chi connectivity index (χ3n) is 2.53. The number of nitrogens with one attached hydrogen (secondary N) is 1. The maximum Gasteiger partial charge on any atom is 0.254 e. The smallest absolute Gasteiger partial charge is 0.254 e. The highest BCUT2D eigenvalue weighted by atomic mass is 79.9. The minimum Gasteiger partial charge on any atom is -0.352 e. The van der Waals surface area contributed by atoms with Crippen molar-refractivity contribution in [1.29, 1.82) is 0 Å². The van der Waals surface area contributed by atoms with E-state index in [1.165, 1.54) is 6.07 Å². The number of hydrogen-bond donors (Lipinski definition) is 2. The highest BCUT2D eigenvalue weighted by Crippen LogP contribution is 2.24. The number of nitrogens with two attached hydrogens (primary N) is 1. The van der Waals surface area contributed by atoms with Gasteiger partial charge in [-0.2, -0.15) is 0 Å². The average molecular weight is 367 g/mol. The second-order valence-corrected chi connectivity index (χ2v) is 7.46. The number of carbonyl (C=O) groups excluding carboxylic acids is 1. The molecule has 3 N–H and O–H groups in total. The molecular formula is C12H16BrFN2O3S. The zero-order chi connectivity index (χ0) is 15.5. The largest absolute Gasteiger partial charge is 0.352 e. The van der Waals surface area contributed by atoms with Crippen molar-refractivity contribution in [2.24, 2.45) is 5.73 Å². The minimum atomic E-state index is -3.75. The molecule has 8 heteroatoms. The maximum absolute atomic E-state index is 14.1. The van der Waals surface area contributed by atoms with E-state index in [1.807, 2.05) is 0 Å². The van der Waals surface area contributed by atoms with Gasteiger partial charge in [0.25, 0.3) is 5.91 Å². The molecule has 0 aromatic heterocycles. The zero-order valence-corrected chi connectivity index (χ0v) is 13.5. The van der Waals surface area contributed by atoms with E-state index < -0.39 is 26.5 Å². The first kappa shape index (κ1) is 17.1. The summed E-state index contributed by atoms with van der Waals surface area (Å²) in [6.07, 6.45) is 1.43. The first-order chi connectivity index (χ1) is 9.12. The molecule has 5 nitrogen and oxygen atoms in total. The number of amides is 1. The Bertz CT molecular complexity index is 617. The van der Waals surface area contributed by atoms with E-state index in [-0.39, 0.29) is 18.2 Å². The quantitative estimate of drug-likeness (QED) is 0.825. The van der Waals surface area contributed by atoms with Crippen LogP contribution >= 0.6 is 15.9 Å². The Morgan fingerprint density at radius 1 is 1.50 bits per heavy atom. The summed E-state index contributed by atoms with van der Waals surface area (Å²) < 4.78 is 37.4. The number of halogens is 2. The van der Waals surface area contributed by atoms with Gasteiger partial charge < -0.3 is 11.1 Å². The molecule has 1 unspecified atom stereocenters. The standard InChI is InChI=1S/C12H16BrFN2O3S/c1-7(15)3-4-16-12(17)9-5-8(13)6-10(11(9)14)20(2,18)19/h5-7H,3-4,15H2,1-2H3,(H,16,17). The van der Waals surface area contributed by atoms with Gasteiger partial charge >= 0.3 is 0 Å². The van der Waals surface area contributed by atoms with Gasteiger partial charge in [-0.15, -0.1) is 0 Å². The Morgan fingerprint density at radius 2 is 2.10 bits per heavy atom. The summed E-state index contributed by atoms with van der Waals surface area (Å²) >= 11 is 3.07. The topological polar surface area (TPSA) is 89.3 Å². The molecule has 0 spiro atoms. The lowest BCUT2D eigenvalue weighted by atomic mass is 10.2. The Balaban J connectivity index is 3.07. The Labute approximate surface area is 125 Å². The highest BCUT2D eigenvalue weighted by Gasteiger charge is 2.22. The van der Waals surface area contributed by atoms with Gasteiger partial charge in [-0.05, 0) is 25.5 Å². The lowest BCUT2D eigenvalue weighted by Gasteiger charge is -2.10. The van der Waals surface area contributed by atoms with E-state index in [0.29, 0.717) is 10.9 Å². The van der Waals surface area contributed by atoms with Crippen LogP contribution in [-0.4, -0.2) is 33.2 Å². The normalized spacial score (nSPS) is 13.1. The first-order valence-electron chi connectivity index (χ1n) is 5.85. The van der Waals surface area contributed by atoms with Crippen LogP contribution in [0.1, 0.15) is 23.7 Å². The summed E-state index contributed by atoms with van der Waals surface area (Å²) in [6.45, 7) is 2.07. The van der Waals surface area contributed by atoms with E-state index in [4.69, 9.17) is 5.73 Å². The van der Waals surface area contributed by atoms with Crippen molar-refractivity contribution < 1.29 is 17.6 Å². The van der Waals surface area contributed by atoms with Gasteiger partial charge in [0.1, 0.15) is 4.90 Å². The van der Waals surface area contributed by atoms with Gasteiger partial charge in [0.2, 0.25) is 0 Å². The fraction of sp³-hybridized carbons (Fsp3) is 0.417. The van der Waals surface area contributed by atoms with Gasteiger partial charge in [0.15, 0.2) is 15.7 Å². The van der Waals surface area contributed by atoms with E-state index in [0.717, 1.165) is 12.3 Å². The van der Waals surface area contributed by atoms with Gasteiger partial charge in [-0.1, -0.05) is 15.9 Å². The summed E-state index contributed by atoms with van der Waals surface area (Å²) in [4.78, 5) is 11.4. The molecule has 0 fully saturated rings. The molecule has 0 saturated heterocycles. The van der Waals surface area contributed by atoms with Gasteiger partial charge in [0.05, 0.1) is 5.56 Å². The predicted molar refractivity (Wildman–Crippen MR) is 77.8 cm³/mol. The van der Waals surface area contributed by atoms with Crippen LogP contribution in [0, 0.1) is 5.82 Å². The minimum absolute atomic E-state index is 0.0887. The van der Waals surface area contributed by atoms with E-state index >= 15 is 0 Å². The molecule has 0 saturated carbocycles. The van der Waals surface area contributed by atoms with E-state index in [2.05, 4.69) is 21.2 Å². The van der Waals surface area contributed by atoms with Gasteiger partial charge in [-0.25, -0.2) is 12.8 Å². The lowest BCUT2D eigenvalue weighted by Crippen LogP contribution is -2.29. The summed E-state index contributed by atoms with van der Waals surface area (Å²) in [5.41, 5.74) is 5.23. The van der Waals surface area contributed by atoms with Crippen molar-refractivity contribution in [3.63, 3.8) is 0 Å². The third-order valence-corrected chi connectivity index (χ3v) is 4.09. The van der Waals surface area contributed by atoms with Crippen LogP contribution in [0.5, 0.6) is 0 Å². The molecule has 0 heterocycles. The van der Waals surface area contributed by atoms with Crippen LogP contribution < -0.4 is 11.1 Å². The molecule has 1 rings (SSSR count). The van der Waals surface area contributed by atoms with Crippen LogP contribution in [0.15, 0.2) is 21.5 Å². The highest BCUT2D eigenvalue weighted by molar-refractivity contribution is 9.10. The molecule has 0 aliphatic rings. The molecule has 112 valence electrons. The van der Waals surface area contributed by atoms with Crippen molar-refractivity contribution in [2.45, 2.75) is 24.3 Å². The number of sulfone groups is 1. The number of benzene rings is 1. The first-order valence-corrected chi connectivity index (χ1v) is 8.54. The van der Waals surface area contributed by atoms with Crippen molar-refractivity contribution >= 4 is 31.7 Å². The van der Waals surface area contributed by atoms with Crippen LogP contribution in [0.2, 0.25) is 0 Å². The molecule has 0 radical (unpaired) electrons. The number of rotatable bonds is 5. The molecule has 1 amide bonds. The Kier molecular flexibility index (Phi) is 5.67. The van der Waals surface area contributed by atoms with E-state index in [1.54, 1.807) is 6.92 Å². The fourth-order valence-electron chi connectivity index (χ4n) is 1.51. The molecule has 1 aromatic carbocycles. The van der Waals surface area contributed by atoms with Crippen LogP contribution in [0.4, 0.5) is 4.39 Å². The van der Waals surface area contributed by atoms with Gasteiger partial charge in [0, 0.05) is 23.3 Å². The molecule has 1 aromatic rings. The monoisotopic (exact) mass is 366 g/mol. The number of hydrogen-bond acceptors (Lipinski definition) is 4.